The number of piperidine rings is 1. The Balaban J connectivity index is 2.17. The molecule has 62 valence electrons. The highest BCUT2D eigenvalue weighted by atomic mass is 16.6. The highest BCUT2D eigenvalue weighted by Crippen LogP contribution is 2.38. The Labute approximate surface area is 66.1 Å². The van der Waals surface area contributed by atoms with Crippen LogP contribution in [0.5, 0.6) is 0 Å². The number of rotatable bonds is 0. The van der Waals surface area contributed by atoms with Gasteiger partial charge in [-0.05, 0) is 13.0 Å². The van der Waals surface area contributed by atoms with E-state index >= 15 is 0 Å². The summed E-state index contributed by atoms with van der Waals surface area (Å²) in [5.74, 6) is -0.0267. The maximum absolute atomic E-state index is 11.0. The van der Waals surface area contributed by atoms with Crippen LogP contribution in [0, 0.1) is 5.41 Å². The summed E-state index contributed by atoms with van der Waals surface area (Å²) in [6.07, 6.45) is 1.74. The minimum absolute atomic E-state index is 0.0267. The summed E-state index contributed by atoms with van der Waals surface area (Å²) in [5.41, 5.74) is 0.0787. The van der Waals surface area contributed by atoms with E-state index in [0.29, 0.717) is 6.42 Å². The number of hydrogen-bond donors (Lipinski definition) is 1. The summed E-state index contributed by atoms with van der Waals surface area (Å²) >= 11 is 0. The second-order valence-corrected chi connectivity index (χ2v) is 3.77. The molecule has 1 N–H and O–H groups in total. The van der Waals surface area contributed by atoms with E-state index in [9.17, 15) is 4.79 Å². The van der Waals surface area contributed by atoms with Crippen molar-refractivity contribution in [3.8, 4) is 0 Å². The molecular formula is C8H13NO2. The molecule has 2 aliphatic rings. The van der Waals surface area contributed by atoms with E-state index < -0.39 is 0 Å². The highest BCUT2D eigenvalue weighted by molar-refractivity contribution is 5.73. The molecule has 0 bridgehead atoms. The maximum atomic E-state index is 11.0. The average molecular weight is 155 g/mol. The third-order valence-electron chi connectivity index (χ3n) is 2.71. The molecule has 2 heterocycles. The number of carbonyl (C=O) groups excluding carboxylic acids is 1. The molecule has 0 amide bonds. The summed E-state index contributed by atoms with van der Waals surface area (Å²) in [7, 11) is 0. The second kappa shape index (κ2) is 2.21. The number of nitrogens with one attached hydrogen (secondary N) is 1. The Bertz CT molecular complexity index is 193. The normalized spacial score (nSPS) is 43.4. The summed E-state index contributed by atoms with van der Waals surface area (Å²) in [6, 6.07) is 0. The number of esters is 1. The minimum atomic E-state index is -0.0267. The van der Waals surface area contributed by atoms with Crippen molar-refractivity contribution in [1.82, 2.24) is 5.32 Å². The number of hydrogen-bond acceptors (Lipinski definition) is 3. The van der Waals surface area contributed by atoms with Gasteiger partial charge < -0.3 is 10.1 Å². The molecule has 0 aromatic carbocycles. The van der Waals surface area contributed by atoms with Crippen molar-refractivity contribution < 1.29 is 9.53 Å². The van der Waals surface area contributed by atoms with Crippen LogP contribution in [-0.4, -0.2) is 25.2 Å². The molecule has 0 radical (unpaired) electrons. The van der Waals surface area contributed by atoms with E-state index in [2.05, 4.69) is 12.2 Å². The molecule has 2 atom stereocenters. The predicted octanol–water partition coefficient (Wildman–Crippen LogP) is 0.301. The molecule has 2 saturated heterocycles. The Morgan fingerprint density at radius 1 is 1.73 bits per heavy atom. The molecule has 2 rings (SSSR count). The smallest absolute Gasteiger partial charge is 0.306 e. The quantitative estimate of drug-likeness (QED) is 0.511. The Kier molecular flexibility index (Phi) is 1.42. The van der Waals surface area contributed by atoms with Gasteiger partial charge in [-0.3, -0.25) is 4.79 Å². The van der Waals surface area contributed by atoms with E-state index in [-0.39, 0.29) is 17.5 Å². The lowest BCUT2D eigenvalue weighted by molar-refractivity contribution is -0.142. The van der Waals surface area contributed by atoms with Crippen LogP contribution in [0.2, 0.25) is 0 Å². The molecule has 0 saturated carbocycles. The number of fused-ring (bicyclic) bond motifs is 1. The fourth-order valence-electron chi connectivity index (χ4n) is 1.98. The van der Waals surface area contributed by atoms with Gasteiger partial charge in [-0.15, -0.1) is 0 Å². The number of carbonyl (C=O) groups is 1. The first-order valence-electron chi connectivity index (χ1n) is 4.11. The van der Waals surface area contributed by atoms with E-state index in [1.165, 1.54) is 0 Å². The van der Waals surface area contributed by atoms with Gasteiger partial charge in [0, 0.05) is 12.0 Å². The number of ether oxygens (including phenoxy) is 1. The van der Waals surface area contributed by atoms with Gasteiger partial charge in [0.2, 0.25) is 0 Å². The zero-order valence-electron chi connectivity index (χ0n) is 6.72. The van der Waals surface area contributed by atoms with Gasteiger partial charge in [-0.2, -0.15) is 0 Å². The van der Waals surface area contributed by atoms with Gasteiger partial charge in [-0.25, -0.2) is 0 Å². The van der Waals surface area contributed by atoms with Crippen LogP contribution in [0.1, 0.15) is 19.8 Å². The molecule has 3 nitrogen and oxygen atoms in total. The predicted molar refractivity (Wildman–Crippen MR) is 40.1 cm³/mol. The monoisotopic (exact) mass is 155 g/mol. The van der Waals surface area contributed by atoms with Gasteiger partial charge in [0.15, 0.2) is 0 Å². The molecule has 0 aromatic rings. The van der Waals surface area contributed by atoms with Crippen molar-refractivity contribution in [2.24, 2.45) is 5.41 Å². The fourth-order valence-corrected chi connectivity index (χ4v) is 1.98. The van der Waals surface area contributed by atoms with Crippen LogP contribution in [0.25, 0.3) is 0 Å². The summed E-state index contributed by atoms with van der Waals surface area (Å²) in [5, 5.41) is 3.28. The summed E-state index contributed by atoms with van der Waals surface area (Å²) in [6.45, 7) is 4.02. The minimum Gasteiger partial charge on any atom is -0.462 e. The van der Waals surface area contributed by atoms with E-state index in [1.54, 1.807) is 0 Å². The topological polar surface area (TPSA) is 38.3 Å². The molecule has 2 aliphatic heterocycles. The molecule has 3 heteroatoms. The van der Waals surface area contributed by atoms with Crippen LogP contribution >= 0.6 is 0 Å². The summed E-state index contributed by atoms with van der Waals surface area (Å²) in [4.78, 5) is 11.0. The lowest BCUT2D eigenvalue weighted by Gasteiger charge is -2.33. The highest BCUT2D eigenvalue weighted by Gasteiger charge is 2.46. The molecule has 0 spiro atoms. The van der Waals surface area contributed by atoms with E-state index in [1.807, 2.05) is 0 Å². The molecule has 2 fully saturated rings. The van der Waals surface area contributed by atoms with Gasteiger partial charge in [0.1, 0.15) is 6.10 Å². The van der Waals surface area contributed by atoms with Crippen LogP contribution < -0.4 is 5.32 Å². The first-order chi connectivity index (χ1) is 5.21. The van der Waals surface area contributed by atoms with Crippen molar-refractivity contribution in [3.05, 3.63) is 0 Å². The lowest BCUT2D eigenvalue weighted by Crippen LogP contribution is -2.45. The van der Waals surface area contributed by atoms with Crippen LogP contribution in [-0.2, 0) is 9.53 Å². The van der Waals surface area contributed by atoms with E-state index in [0.717, 1.165) is 19.5 Å². The Morgan fingerprint density at radius 3 is 3.27 bits per heavy atom. The van der Waals surface area contributed by atoms with Crippen LogP contribution in [0.3, 0.4) is 0 Å². The Morgan fingerprint density at radius 2 is 2.55 bits per heavy atom. The molecule has 2 unspecified atom stereocenters. The first kappa shape index (κ1) is 7.10. The standard InChI is InChI=1S/C8H13NO2/c1-8-4-7(10)11-6(8)2-3-9-5-8/h6,9H,2-5H2,1H3. The maximum Gasteiger partial charge on any atom is 0.306 e. The third kappa shape index (κ3) is 1.03. The lowest BCUT2D eigenvalue weighted by atomic mass is 9.79. The van der Waals surface area contributed by atoms with Gasteiger partial charge in [0.05, 0.1) is 6.42 Å². The SMILES string of the molecule is CC12CNCCC1OC(=O)C2. The zero-order valence-corrected chi connectivity index (χ0v) is 6.72. The van der Waals surface area contributed by atoms with Crippen LogP contribution in [0.15, 0.2) is 0 Å². The van der Waals surface area contributed by atoms with Gasteiger partial charge in [0.25, 0.3) is 0 Å². The molecule has 0 aromatic heterocycles. The van der Waals surface area contributed by atoms with Crippen molar-refractivity contribution >= 4 is 5.97 Å². The van der Waals surface area contributed by atoms with Crippen molar-refractivity contribution in [3.63, 3.8) is 0 Å². The Hall–Kier alpha value is -0.570. The van der Waals surface area contributed by atoms with Gasteiger partial charge >= 0.3 is 5.97 Å². The van der Waals surface area contributed by atoms with Crippen molar-refractivity contribution in [2.75, 3.05) is 13.1 Å². The molecular weight excluding hydrogens is 142 g/mol. The molecule has 11 heavy (non-hydrogen) atoms. The average Bonchev–Trinajstić information content (AvgIpc) is 2.22. The molecule has 0 aliphatic carbocycles. The largest absolute Gasteiger partial charge is 0.462 e. The third-order valence-corrected chi connectivity index (χ3v) is 2.71. The van der Waals surface area contributed by atoms with E-state index in [4.69, 9.17) is 4.74 Å². The summed E-state index contributed by atoms with van der Waals surface area (Å²) < 4.78 is 5.19. The fraction of sp³-hybridized carbons (Fsp3) is 0.875. The van der Waals surface area contributed by atoms with Crippen molar-refractivity contribution in [2.45, 2.75) is 25.9 Å². The zero-order chi connectivity index (χ0) is 7.90. The van der Waals surface area contributed by atoms with Crippen LogP contribution in [0.4, 0.5) is 0 Å². The van der Waals surface area contributed by atoms with Gasteiger partial charge in [-0.1, -0.05) is 6.92 Å². The van der Waals surface area contributed by atoms with Crippen molar-refractivity contribution in [1.29, 1.82) is 0 Å². The first-order valence-corrected chi connectivity index (χ1v) is 4.11. The second-order valence-electron chi connectivity index (χ2n) is 3.77.